The van der Waals surface area contributed by atoms with E-state index in [0.29, 0.717) is 30.3 Å². The summed E-state index contributed by atoms with van der Waals surface area (Å²) in [7, 11) is 0. The number of hydrogen-bond acceptors (Lipinski definition) is 4. The number of nitrogens with one attached hydrogen (secondary N) is 1. The highest BCUT2D eigenvalue weighted by molar-refractivity contribution is 5.56. The van der Waals surface area contributed by atoms with Crippen LogP contribution in [0.25, 0.3) is 0 Å². The van der Waals surface area contributed by atoms with Crippen molar-refractivity contribution in [3.8, 4) is 0 Å². The van der Waals surface area contributed by atoms with Crippen LogP contribution in [0, 0.1) is 5.82 Å². The van der Waals surface area contributed by atoms with E-state index >= 15 is 0 Å². The maximum Gasteiger partial charge on any atom is 0.146 e. The van der Waals surface area contributed by atoms with Crippen molar-refractivity contribution >= 4 is 11.5 Å². The maximum atomic E-state index is 13.4. The molecule has 4 nitrogen and oxygen atoms in total. The van der Waals surface area contributed by atoms with Gasteiger partial charge in [0, 0.05) is 12.6 Å². The van der Waals surface area contributed by atoms with E-state index in [1.54, 1.807) is 30.5 Å². The highest BCUT2D eigenvalue weighted by Crippen LogP contribution is 2.17. The van der Waals surface area contributed by atoms with Gasteiger partial charge in [0.2, 0.25) is 0 Å². The molecule has 2 rings (SSSR count). The topological polar surface area (TPSA) is 63.8 Å². The predicted molar refractivity (Wildman–Crippen MR) is 64.5 cm³/mol. The summed E-state index contributed by atoms with van der Waals surface area (Å²) in [6.07, 6.45) is 2.23. The minimum atomic E-state index is -0.313. The van der Waals surface area contributed by atoms with Crippen LogP contribution in [0.15, 0.2) is 36.5 Å². The minimum absolute atomic E-state index is 0.313. The van der Waals surface area contributed by atoms with Crippen LogP contribution >= 0.6 is 0 Å². The van der Waals surface area contributed by atoms with E-state index in [2.05, 4.69) is 15.3 Å². The van der Waals surface area contributed by atoms with Crippen molar-refractivity contribution in [2.75, 3.05) is 11.9 Å². The Kier molecular flexibility index (Phi) is 3.62. The van der Waals surface area contributed by atoms with Gasteiger partial charge in [-0.3, -0.25) is 0 Å². The van der Waals surface area contributed by atoms with Crippen molar-refractivity contribution < 1.29 is 4.39 Å². The molecule has 3 N–H and O–H groups in total. The van der Waals surface area contributed by atoms with Crippen LogP contribution in [0.3, 0.4) is 0 Å². The second-order valence-corrected chi connectivity index (χ2v) is 3.50. The molecule has 0 fully saturated rings. The molecule has 0 radical (unpaired) electrons. The van der Waals surface area contributed by atoms with Gasteiger partial charge in [-0.05, 0) is 24.7 Å². The number of rotatable bonds is 4. The summed E-state index contributed by atoms with van der Waals surface area (Å²) in [4.78, 5) is 8.30. The third kappa shape index (κ3) is 2.98. The van der Waals surface area contributed by atoms with Crippen molar-refractivity contribution in [3.05, 3.63) is 48.2 Å². The summed E-state index contributed by atoms with van der Waals surface area (Å²) in [5.41, 5.74) is 5.82. The van der Waals surface area contributed by atoms with Crippen LogP contribution in [0.2, 0.25) is 0 Å². The second kappa shape index (κ2) is 5.36. The molecule has 0 spiro atoms. The molecule has 0 amide bonds. The Hall–Kier alpha value is -2.01. The second-order valence-electron chi connectivity index (χ2n) is 3.50. The highest BCUT2D eigenvalue weighted by Gasteiger charge is 2.02. The molecule has 2 aromatic rings. The zero-order valence-electron chi connectivity index (χ0n) is 9.23. The maximum absolute atomic E-state index is 13.4. The Morgan fingerprint density at radius 1 is 1.24 bits per heavy atom. The zero-order valence-corrected chi connectivity index (χ0v) is 9.23. The molecule has 0 bridgehead atoms. The molecule has 0 saturated carbocycles. The molecular weight excluding hydrogens is 219 g/mol. The largest absolute Gasteiger partial charge is 0.338 e. The Morgan fingerprint density at radius 2 is 2.06 bits per heavy atom. The third-order valence-corrected chi connectivity index (χ3v) is 2.21. The van der Waals surface area contributed by atoms with E-state index in [1.165, 1.54) is 6.07 Å². The smallest absolute Gasteiger partial charge is 0.146 e. The van der Waals surface area contributed by atoms with Gasteiger partial charge in [0.1, 0.15) is 17.5 Å². The van der Waals surface area contributed by atoms with Crippen LogP contribution in [0.5, 0.6) is 0 Å². The van der Waals surface area contributed by atoms with Gasteiger partial charge in [-0.2, -0.15) is 0 Å². The summed E-state index contributed by atoms with van der Waals surface area (Å²) < 4.78 is 13.4. The van der Waals surface area contributed by atoms with E-state index in [9.17, 15) is 4.39 Å². The van der Waals surface area contributed by atoms with Crippen molar-refractivity contribution in [1.29, 1.82) is 0 Å². The summed E-state index contributed by atoms with van der Waals surface area (Å²) in [5.74, 6) is 0.897. The number of anilines is 2. The SMILES string of the molecule is NCCc1nccc(Nc2ccccc2F)n1. The Balaban J connectivity index is 2.18. The van der Waals surface area contributed by atoms with Crippen LogP contribution in [-0.2, 0) is 6.42 Å². The summed E-state index contributed by atoms with van der Waals surface area (Å²) in [5, 5.41) is 2.90. The number of nitrogens with zero attached hydrogens (tertiary/aromatic N) is 2. The fraction of sp³-hybridized carbons (Fsp3) is 0.167. The molecule has 0 aliphatic carbocycles. The van der Waals surface area contributed by atoms with Crippen LogP contribution in [-0.4, -0.2) is 16.5 Å². The molecule has 5 heteroatoms. The van der Waals surface area contributed by atoms with Crippen LogP contribution in [0.1, 0.15) is 5.82 Å². The molecule has 0 aliphatic heterocycles. The quantitative estimate of drug-likeness (QED) is 0.844. The lowest BCUT2D eigenvalue weighted by Crippen LogP contribution is -2.07. The molecule has 1 aromatic carbocycles. The normalized spacial score (nSPS) is 10.2. The van der Waals surface area contributed by atoms with Crippen molar-refractivity contribution in [3.63, 3.8) is 0 Å². The monoisotopic (exact) mass is 232 g/mol. The van der Waals surface area contributed by atoms with Gasteiger partial charge in [-0.15, -0.1) is 0 Å². The van der Waals surface area contributed by atoms with E-state index in [1.807, 2.05) is 0 Å². The van der Waals surface area contributed by atoms with Gasteiger partial charge in [0.15, 0.2) is 0 Å². The van der Waals surface area contributed by atoms with E-state index in [4.69, 9.17) is 5.73 Å². The molecule has 0 aliphatic rings. The van der Waals surface area contributed by atoms with E-state index in [-0.39, 0.29) is 5.82 Å². The average molecular weight is 232 g/mol. The number of benzene rings is 1. The third-order valence-electron chi connectivity index (χ3n) is 2.21. The Labute approximate surface area is 98.7 Å². The molecule has 88 valence electrons. The Bertz CT molecular complexity index is 501. The number of nitrogens with two attached hydrogens (primary N) is 1. The number of aromatic nitrogens is 2. The molecular formula is C12H13FN4. The fourth-order valence-corrected chi connectivity index (χ4v) is 1.42. The number of hydrogen-bond donors (Lipinski definition) is 2. The van der Waals surface area contributed by atoms with Gasteiger partial charge in [0.05, 0.1) is 5.69 Å². The van der Waals surface area contributed by atoms with Crippen LogP contribution in [0.4, 0.5) is 15.9 Å². The summed E-state index contributed by atoms with van der Waals surface area (Å²) >= 11 is 0. The first kappa shape index (κ1) is 11.5. The van der Waals surface area contributed by atoms with Crippen molar-refractivity contribution in [1.82, 2.24) is 9.97 Å². The number of halogens is 1. The molecule has 1 heterocycles. The Morgan fingerprint density at radius 3 is 2.82 bits per heavy atom. The van der Waals surface area contributed by atoms with Crippen LogP contribution < -0.4 is 11.1 Å². The predicted octanol–water partition coefficient (Wildman–Crippen LogP) is 1.86. The standard InChI is InChI=1S/C12H13FN4/c13-9-3-1-2-4-10(9)16-12-6-8-15-11(17-12)5-7-14/h1-4,6,8H,5,7,14H2,(H,15,16,17). The minimum Gasteiger partial charge on any atom is -0.338 e. The molecule has 0 unspecified atom stereocenters. The molecule has 17 heavy (non-hydrogen) atoms. The van der Waals surface area contributed by atoms with Crippen molar-refractivity contribution in [2.24, 2.45) is 5.73 Å². The first-order chi connectivity index (χ1) is 8.29. The molecule has 0 saturated heterocycles. The van der Waals surface area contributed by atoms with Crippen molar-refractivity contribution in [2.45, 2.75) is 6.42 Å². The average Bonchev–Trinajstić information content (AvgIpc) is 2.33. The lowest BCUT2D eigenvalue weighted by molar-refractivity contribution is 0.631. The van der Waals surface area contributed by atoms with Gasteiger partial charge < -0.3 is 11.1 Å². The van der Waals surface area contributed by atoms with Gasteiger partial charge in [0.25, 0.3) is 0 Å². The summed E-state index contributed by atoms with van der Waals surface area (Å²) in [6, 6.07) is 8.13. The number of para-hydroxylation sites is 1. The lowest BCUT2D eigenvalue weighted by atomic mass is 10.3. The van der Waals surface area contributed by atoms with Gasteiger partial charge in [-0.25, -0.2) is 14.4 Å². The summed E-state index contributed by atoms with van der Waals surface area (Å²) in [6.45, 7) is 0.489. The zero-order chi connectivity index (χ0) is 12.1. The van der Waals surface area contributed by atoms with Gasteiger partial charge >= 0.3 is 0 Å². The van der Waals surface area contributed by atoms with E-state index < -0.39 is 0 Å². The molecule has 0 atom stereocenters. The fourth-order valence-electron chi connectivity index (χ4n) is 1.42. The van der Waals surface area contributed by atoms with Gasteiger partial charge in [-0.1, -0.05) is 12.1 Å². The first-order valence-electron chi connectivity index (χ1n) is 5.33. The first-order valence-corrected chi connectivity index (χ1v) is 5.33. The van der Waals surface area contributed by atoms with E-state index in [0.717, 1.165) is 0 Å². The lowest BCUT2D eigenvalue weighted by Gasteiger charge is -2.07. The molecule has 1 aromatic heterocycles. The highest BCUT2D eigenvalue weighted by atomic mass is 19.1.